The normalized spacial score (nSPS) is 11.6. The van der Waals surface area contributed by atoms with Crippen LogP contribution in [0.15, 0.2) is 67.0 Å². The minimum Gasteiger partial charge on any atom is -0.365 e. The van der Waals surface area contributed by atoms with Crippen molar-refractivity contribution in [1.82, 2.24) is 15.0 Å². The molecule has 2 aromatic heterocycles. The summed E-state index contributed by atoms with van der Waals surface area (Å²) in [5, 5.41) is 4.40. The Hall–Kier alpha value is -3.19. The lowest BCUT2D eigenvalue weighted by atomic mass is 10.1. The van der Waals surface area contributed by atoms with Crippen LogP contribution in [0.1, 0.15) is 11.1 Å². The van der Waals surface area contributed by atoms with Crippen molar-refractivity contribution in [3.63, 3.8) is 0 Å². The van der Waals surface area contributed by atoms with Gasteiger partial charge in [-0.25, -0.2) is 9.97 Å². The van der Waals surface area contributed by atoms with E-state index < -0.39 is 11.7 Å². The average molecular weight is 415 g/mol. The summed E-state index contributed by atoms with van der Waals surface area (Å²) in [6, 6.07) is 13.8. The van der Waals surface area contributed by atoms with Gasteiger partial charge in [-0.05, 0) is 42.0 Å². The van der Waals surface area contributed by atoms with Gasteiger partial charge in [-0.1, -0.05) is 29.8 Å². The molecule has 0 aliphatic rings. The number of aromatic nitrogens is 3. The quantitative estimate of drug-likeness (QED) is 0.446. The van der Waals surface area contributed by atoms with Crippen molar-refractivity contribution in [3.05, 3.63) is 83.1 Å². The standard InChI is InChI=1S/C21H14ClF3N4/c22-16-6-7-18-17(10-16)20(27-12-13-3-2-8-26-11-13)29-19(28-18)14-4-1-5-15(9-14)21(23,24)25/h1-11H,12H2,(H,27,28,29). The molecule has 146 valence electrons. The van der Waals surface area contributed by atoms with Crippen molar-refractivity contribution in [2.75, 3.05) is 5.32 Å². The number of halogens is 4. The van der Waals surface area contributed by atoms with Gasteiger partial charge in [0.25, 0.3) is 0 Å². The monoisotopic (exact) mass is 414 g/mol. The number of hydrogen-bond acceptors (Lipinski definition) is 4. The van der Waals surface area contributed by atoms with Gasteiger partial charge in [0.2, 0.25) is 0 Å². The van der Waals surface area contributed by atoms with Crippen LogP contribution in [0.5, 0.6) is 0 Å². The second-order valence-corrected chi connectivity index (χ2v) is 6.79. The van der Waals surface area contributed by atoms with Crippen molar-refractivity contribution >= 4 is 28.3 Å². The Morgan fingerprint density at radius 2 is 1.83 bits per heavy atom. The second kappa shape index (κ2) is 7.67. The Balaban J connectivity index is 1.79. The summed E-state index contributed by atoms with van der Waals surface area (Å²) in [6.45, 7) is 0.439. The number of rotatable bonds is 4. The Morgan fingerprint density at radius 1 is 0.966 bits per heavy atom. The lowest BCUT2D eigenvalue weighted by molar-refractivity contribution is -0.137. The van der Waals surface area contributed by atoms with Crippen LogP contribution in [0, 0.1) is 0 Å². The third kappa shape index (κ3) is 4.30. The molecule has 8 heteroatoms. The highest BCUT2D eigenvalue weighted by molar-refractivity contribution is 6.31. The predicted octanol–water partition coefficient (Wildman–Crippen LogP) is 5.98. The molecule has 0 fully saturated rings. The summed E-state index contributed by atoms with van der Waals surface area (Å²) < 4.78 is 39.3. The SMILES string of the molecule is FC(F)(F)c1cccc(-c2nc(NCc3cccnc3)c3cc(Cl)ccc3n2)c1. The van der Waals surface area contributed by atoms with Gasteiger partial charge in [-0.3, -0.25) is 4.98 Å². The molecule has 4 nitrogen and oxygen atoms in total. The summed E-state index contributed by atoms with van der Waals surface area (Å²) in [6.07, 6.45) is -1.05. The second-order valence-electron chi connectivity index (χ2n) is 6.35. The first-order valence-electron chi connectivity index (χ1n) is 8.68. The van der Waals surface area contributed by atoms with Crippen LogP contribution in [0.2, 0.25) is 5.02 Å². The number of hydrogen-bond donors (Lipinski definition) is 1. The molecule has 1 N–H and O–H groups in total. The van der Waals surface area contributed by atoms with Gasteiger partial charge >= 0.3 is 6.18 Å². The van der Waals surface area contributed by atoms with Crippen molar-refractivity contribution in [2.24, 2.45) is 0 Å². The summed E-state index contributed by atoms with van der Waals surface area (Å²) in [5.74, 6) is 0.674. The van der Waals surface area contributed by atoms with Crippen molar-refractivity contribution in [3.8, 4) is 11.4 Å². The fraction of sp³-hybridized carbons (Fsp3) is 0.0952. The first kappa shape index (κ1) is 19.1. The van der Waals surface area contributed by atoms with E-state index in [-0.39, 0.29) is 11.4 Å². The Kier molecular flexibility index (Phi) is 5.07. The minimum absolute atomic E-state index is 0.194. The van der Waals surface area contributed by atoms with Gasteiger partial charge < -0.3 is 5.32 Å². The molecule has 0 spiro atoms. The summed E-state index contributed by atoms with van der Waals surface area (Å²) in [5.41, 5.74) is 1.04. The maximum atomic E-state index is 13.1. The largest absolute Gasteiger partial charge is 0.416 e. The van der Waals surface area contributed by atoms with Gasteiger partial charge in [-0.15, -0.1) is 0 Å². The maximum Gasteiger partial charge on any atom is 0.416 e. The zero-order chi connectivity index (χ0) is 20.4. The van der Waals surface area contributed by atoms with Gasteiger partial charge in [0.1, 0.15) is 5.82 Å². The molecular weight excluding hydrogens is 401 g/mol. The lowest BCUT2D eigenvalue weighted by Gasteiger charge is -2.12. The lowest BCUT2D eigenvalue weighted by Crippen LogP contribution is -2.06. The molecule has 4 aromatic rings. The highest BCUT2D eigenvalue weighted by atomic mass is 35.5. The van der Waals surface area contributed by atoms with Crippen LogP contribution in [0.3, 0.4) is 0 Å². The highest BCUT2D eigenvalue weighted by Gasteiger charge is 2.30. The zero-order valence-corrected chi connectivity index (χ0v) is 15.7. The van der Waals surface area contributed by atoms with E-state index in [4.69, 9.17) is 11.6 Å². The Bertz CT molecular complexity index is 1160. The molecule has 0 bridgehead atoms. The Labute approximate surface area is 169 Å². The third-order valence-electron chi connectivity index (χ3n) is 4.29. The first-order chi connectivity index (χ1) is 13.9. The van der Waals surface area contributed by atoms with Crippen LogP contribution in [-0.4, -0.2) is 15.0 Å². The van der Waals surface area contributed by atoms with Crippen molar-refractivity contribution in [2.45, 2.75) is 12.7 Å². The molecule has 4 rings (SSSR count). The number of anilines is 1. The van der Waals surface area contributed by atoms with Crippen molar-refractivity contribution in [1.29, 1.82) is 0 Å². The van der Waals surface area contributed by atoms with Crippen LogP contribution in [0.25, 0.3) is 22.3 Å². The molecule has 0 saturated carbocycles. The molecule has 0 unspecified atom stereocenters. The number of pyridine rings is 1. The van der Waals surface area contributed by atoms with Crippen LogP contribution < -0.4 is 5.32 Å². The van der Waals surface area contributed by atoms with E-state index in [1.807, 2.05) is 12.1 Å². The highest BCUT2D eigenvalue weighted by Crippen LogP contribution is 2.33. The van der Waals surface area contributed by atoms with Crippen LogP contribution in [-0.2, 0) is 12.7 Å². The molecule has 2 aromatic carbocycles. The number of nitrogens with one attached hydrogen (secondary N) is 1. The number of fused-ring (bicyclic) bond motifs is 1. The number of alkyl halides is 3. The van der Waals surface area contributed by atoms with Crippen LogP contribution in [0.4, 0.5) is 19.0 Å². The van der Waals surface area contributed by atoms with Gasteiger partial charge in [0.05, 0.1) is 11.1 Å². The van der Waals surface area contributed by atoms with Crippen LogP contribution >= 0.6 is 11.6 Å². The molecule has 0 radical (unpaired) electrons. The molecule has 2 heterocycles. The zero-order valence-electron chi connectivity index (χ0n) is 14.9. The first-order valence-corrected chi connectivity index (χ1v) is 9.06. The van der Waals surface area contributed by atoms with Gasteiger partial charge in [0, 0.05) is 34.9 Å². The van der Waals surface area contributed by atoms with Gasteiger partial charge in [-0.2, -0.15) is 13.2 Å². The molecule has 0 saturated heterocycles. The van der Waals surface area contributed by atoms with E-state index in [2.05, 4.69) is 20.3 Å². The van der Waals surface area contributed by atoms with Crippen molar-refractivity contribution < 1.29 is 13.2 Å². The fourth-order valence-electron chi connectivity index (χ4n) is 2.89. The Morgan fingerprint density at radius 3 is 2.59 bits per heavy atom. The topological polar surface area (TPSA) is 50.7 Å². The summed E-state index contributed by atoms with van der Waals surface area (Å²) in [4.78, 5) is 13.0. The molecule has 29 heavy (non-hydrogen) atoms. The van der Waals surface area contributed by atoms with E-state index in [1.54, 1.807) is 36.7 Å². The van der Waals surface area contributed by atoms with E-state index >= 15 is 0 Å². The molecular formula is C21H14ClF3N4. The fourth-order valence-corrected chi connectivity index (χ4v) is 3.06. The summed E-state index contributed by atoms with van der Waals surface area (Å²) >= 11 is 6.12. The van der Waals surface area contributed by atoms with E-state index in [9.17, 15) is 13.2 Å². The molecule has 0 atom stereocenters. The third-order valence-corrected chi connectivity index (χ3v) is 4.52. The smallest absolute Gasteiger partial charge is 0.365 e. The number of nitrogens with zero attached hydrogens (tertiary/aromatic N) is 3. The van der Waals surface area contributed by atoms with E-state index in [1.165, 1.54) is 6.07 Å². The molecule has 0 aliphatic heterocycles. The van der Waals surface area contributed by atoms with Gasteiger partial charge in [0.15, 0.2) is 5.82 Å². The average Bonchev–Trinajstić information content (AvgIpc) is 2.72. The minimum atomic E-state index is -4.44. The summed E-state index contributed by atoms with van der Waals surface area (Å²) in [7, 11) is 0. The maximum absolute atomic E-state index is 13.1. The molecule has 0 aliphatic carbocycles. The molecule has 0 amide bonds. The van der Waals surface area contributed by atoms with E-state index in [0.29, 0.717) is 28.3 Å². The predicted molar refractivity (Wildman–Crippen MR) is 107 cm³/mol. The number of benzene rings is 2. The van der Waals surface area contributed by atoms with E-state index in [0.717, 1.165) is 17.7 Å².